The molecular formula is C12H18BrN3S. The second kappa shape index (κ2) is 6.59. The highest BCUT2D eigenvalue weighted by atomic mass is 79.9. The highest BCUT2D eigenvalue weighted by molar-refractivity contribution is 9.10. The first-order valence-corrected chi connectivity index (χ1v) is 8.01. The molecule has 2 heterocycles. The Labute approximate surface area is 115 Å². The highest BCUT2D eigenvalue weighted by Crippen LogP contribution is 2.25. The molecule has 0 amide bonds. The van der Waals surface area contributed by atoms with E-state index in [1.165, 1.54) is 25.0 Å². The molecule has 1 fully saturated rings. The molecule has 5 heteroatoms. The fourth-order valence-corrected chi connectivity index (χ4v) is 3.56. The average Bonchev–Trinajstić information content (AvgIpc) is 2.37. The van der Waals surface area contributed by atoms with Crippen molar-refractivity contribution in [3.05, 3.63) is 16.5 Å². The molecule has 1 aliphatic heterocycles. The number of hydrogen-bond acceptors (Lipinski definition) is 4. The number of aryl methyl sites for hydroxylation is 1. The summed E-state index contributed by atoms with van der Waals surface area (Å²) in [7, 11) is 0. The van der Waals surface area contributed by atoms with Crippen LogP contribution < -0.4 is 5.32 Å². The van der Waals surface area contributed by atoms with E-state index in [0.717, 1.165) is 34.5 Å². The van der Waals surface area contributed by atoms with Gasteiger partial charge in [-0.05, 0) is 34.5 Å². The minimum atomic E-state index is 0.738. The number of rotatable bonds is 4. The fourth-order valence-electron chi connectivity index (χ4n) is 1.90. The summed E-state index contributed by atoms with van der Waals surface area (Å²) in [5, 5.41) is 4.17. The molecule has 1 aromatic rings. The largest absolute Gasteiger partial charge is 0.369 e. The van der Waals surface area contributed by atoms with Crippen LogP contribution in [0.5, 0.6) is 0 Å². The molecule has 0 aliphatic carbocycles. The first-order valence-electron chi connectivity index (χ1n) is 6.17. The minimum absolute atomic E-state index is 0.738. The first-order chi connectivity index (χ1) is 8.28. The quantitative estimate of drug-likeness (QED) is 0.863. The van der Waals surface area contributed by atoms with Crippen LogP contribution in [0.4, 0.5) is 5.82 Å². The van der Waals surface area contributed by atoms with Gasteiger partial charge in [-0.3, -0.25) is 0 Å². The van der Waals surface area contributed by atoms with Gasteiger partial charge in [0.2, 0.25) is 0 Å². The minimum Gasteiger partial charge on any atom is -0.369 e. The lowest BCUT2D eigenvalue weighted by atomic mass is 10.2. The Kier molecular flexibility index (Phi) is 5.10. The van der Waals surface area contributed by atoms with Gasteiger partial charge < -0.3 is 5.32 Å². The van der Waals surface area contributed by atoms with Crippen LogP contribution in [-0.4, -0.2) is 27.5 Å². The molecule has 1 aromatic heterocycles. The summed E-state index contributed by atoms with van der Waals surface area (Å²) in [5.74, 6) is 3.13. The lowest BCUT2D eigenvalue weighted by Gasteiger charge is -2.21. The molecule has 1 saturated heterocycles. The summed E-state index contributed by atoms with van der Waals surface area (Å²) in [4.78, 5) is 8.78. The maximum Gasteiger partial charge on any atom is 0.131 e. The fraction of sp³-hybridized carbons (Fsp3) is 0.667. The van der Waals surface area contributed by atoms with Crippen LogP contribution in [0.3, 0.4) is 0 Å². The van der Waals surface area contributed by atoms with Crippen molar-refractivity contribution < 1.29 is 0 Å². The Balaban J connectivity index is 1.91. The van der Waals surface area contributed by atoms with Crippen molar-refractivity contribution in [2.45, 2.75) is 37.9 Å². The highest BCUT2D eigenvalue weighted by Gasteiger charge is 2.13. The van der Waals surface area contributed by atoms with E-state index in [1.54, 1.807) is 0 Å². The van der Waals surface area contributed by atoms with Crippen molar-refractivity contribution in [3.8, 4) is 0 Å². The molecule has 0 saturated carbocycles. The van der Waals surface area contributed by atoms with E-state index in [-0.39, 0.29) is 0 Å². The van der Waals surface area contributed by atoms with E-state index < -0.39 is 0 Å². The normalized spacial score (nSPS) is 20.2. The zero-order chi connectivity index (χ0) is 12.1. The van der Waals surface area contributed by atoms with Gasteiger partial charge in [0.15, 0.2) is 0 Å². The van der Waals surface area contributed by atoms with Crippen LogP contribution in [0, 0.1) is 0 Å². The van der Waals surface area contributed by atoms with Crippen molar-refractivity contribution in [1.29, 1.82) is 0 Å². The van der Waals surface area contributed by atoms with Crippen molar-refractivity contribution in [1.82, 2.24) is 9.97 Å². The summed E-state index contributed by atoms with van der Waals surface area (Å²) in [5.41, 5.74) is 0. The Morgan fingerprint density at radius 1 is 1.47 bits per heavy atom. The molecular weight excluding hydrogens is 298 g/mol. The molecule has 1 unspecified atom stereocenters. The molecule has 0 spiro atoms. The Hall–Kier alpha value is -0.290. The van der Waals surface area contributed by atoms with Gasteiger partial charge in [0.25, 0.3) is 0 Å². The number of nitrogens with one attached hydrogen (secondary N) is 1. The number of thioether (sulfide) groups is 1. The molecule has 1 N–H and O–H groups in total. The molecule has 0 aromatic carbocycles. The maximum atomic E-state index is 4.47. The van der Waals surface area contributed by atoms with Crippen LogP contribution in [0.15, 0.2) is 10.7 Å². The van der Waals surface area contributed by atoms with Gasteiger partial charge in [-0.2, -0.15) is 11.8 Å². The molecule has 1 atom stereocenters. The summed E-state index contributed by atoms with van der Waals surface area (Å²) in [6.45, 7) is 3.08. The molecule has 2 rings (SSSR count). The number of aromatic nitrogens is 2. The van der Waals surface area contributed by atoms with Gasteiger partial charge in [-0.25, -0.2) is 9.97 Å². The van der Waals surface area contributed by atoms with Crippen molar-refractivity contribution >= 4 is 33.5 Å². The second-order valence-electron chi connectivity index (χ2n) is 4.22. The predicted molar refractivity (Wildman–Crippen MR) is 77.7 cm³/mol. The van der Waals surface area contributed by atoms with E-state index in [1.807, 2.05) is 6.07 Å². The Morgan fingerprint density at radius 3 is 3.06 bits per heavy atom. The number of nitrogens with zero attached hydrogens (tertiary/aromatic N) is 2. The zero-order valence-electron chi connectivity index (χ0n) is 10.1. The van der Waals surface area contributed by atoms with Gasteiger partial charge >= 0.3 is 0 Å². The van der Waals surface area contributed by atoms with Crippen LogP contribution in [0.2, 0.25) is 0 Å². The number of anilines is 1. The molecule has 1 aliphatic rings. The SMILES string of the molecule is CCc1nc(Br)cc(NCC2CCCCS2)n1. The van der Waals surface area contributed by atoms with E-state index in [0.29, 0.717) is 0 Å². The predicted octanol–water partition coefficient (Wildman–Crippen LogP) is 3.50. The summed E-state index contributed by atoms with van der Waals surface area (Å²) < 4.78 is 0.864. The second-order valence-corrected chi connectivity index (χ2v) is 6.44. The smallest absolute Gasteiger partial charge is 0.131 e. The summed E-state index contributed by atoms with van der Waals surface area (Å²) in [6, 6.07) is 1.95. The van der Waals surface area contributed by atoms with Gasteiger partial charge in [-0.1, -0.05) is 13.3 Å². The zero-order valence-corrected chi connectivity index (χ0v) is 12.5. The summed E-state index contributed by atoms with van der Waals surface area (Å²) >= 11 is 5.50. The monoisotopic (exact) mass is 315 g/mol. The van der Waals surface area contributed by atoms with Gasteiger partial charge in [0.05, 0.1) is 0 Å². The third-order valence-corrected chi connectivity index (χ3v) is 4.65. The standard InChI is InChI=1S/C12H18BrN3S/c1-2-11-15-10(13)7-12(16-11)14-8-9-5-3-4-6-17-9/h7,9H,2-6,8H2,1H3,(H,14,15,16). The molecule has 17 heavy (non-hydrogen) atoms. The molecule has 94 valence electrons. The van der Waals surface area contributed by atoms with Gasteiger partial charge in [0.1, 0.15) is 16.2 Å². The Bertz CT molecular complexity index is 367. The maximum absolute atomic E-state index is 4.47. The third-order valence-electron chi connectivity index (χ3n) is 2.84. The van der Waals surface area contributed by atoms with Crippen LogP contribution in [-0.2, 0) is 6.42 Å². The van der Waals surface area contributed by atoms with Gasteiger partial charge in [-0.15, -0.1) is 0 Å². The van der Waals surface area contributed by atoms with E-state index >= 15 is 0 Å². The molecule has 0 bridgehead atoms. The van der Waals surface area contributed by atoms with Crippen LogP contribution >= 0.6 is 27.7 Å². The van der Waals surface area contributed by atoms with Crippen molar-refractivity contribution in [2.24, 2.45) is 0 Å². The van der Waals surface area contributed by atoms with E-state index in [4.69, 9.17) is 0 Å². The number of halogens is 1. The lowest BCUT2D eigenvalue weighted by molar-refractivity contribution is 0.676. The van der Waals surface area contributed by atoms with E-state index in [2.05, 4.69) is 49.9 Å². The van der Waals surface area contributed by atoms with Crippen LogP contribution in [0.1, 0.15) is 32.0 Å². The third kappa shape index (κ3) is 4.14. The lowest BCUT2D eigenvalue weighted by Crippen LogP contribution is -2.20. The van der Waals surface area contributed by atoms with Crippen LogP contribution in [0.25, 0.3) is 0 Å². The van der Waals surface area contributed by atoms with E-state index in [9.17, 15) is 0 Å². The first kappa shape index (κ1) is 13.1. The average molecular weight is 316 g/mol. The van der Waals surface area contributed by atoms with Crippen molar-refractivity contribution in [2.75, 3.05) is 17.6 Å². The number of hydrogen-bond donors (Lipinski definition) is 1. The van der Waals surface area contributed by atoms with Crippen molar-refractivity contribution in [3.63, 3.8) is 0 Å². The topological polar surface area (TPSA) is 37.8 Å². The molecule has 0 radical (unpaired) electrons. The molecule has 3 nitrogen and oxygen atoms in total. The summed E-state index contributed by atoms with van der Waals surface area (Å²) in [6.07, 6.45) is 4.93. The Morgan fingerprint density at radius 2 is 2.35 bits per heavy atom. The van der Waals surface area contributed by atoms with Gasteiger partial charge in [0, 0.05) is 24.3 Å².